The zero-order valence-corrected chi connectivity index (χ0v) is 23.4. The fourth-order valence-electron chi connectivity index (χ4n) is 4.50. The molecule has 4 rings (SSSR count). The molecule has 38 heavy (non-hydrogen) atoms. The average molecular weight is 577 g/mol. The highest BCUT2D eigenvalue weighted by molar-refractivity contribution is 7.91. The Kier molecular flexibility index (Phi) is 8.41. The number of halogens is 1. The third kappa shape index (κ3) is 5.85. The van der Waals surface area contributed by atoms with Gasteiger partial charge in [0.25, 0.3) is 10.0 Å². The van der Waals surface area contributed by atoms with Gasteiger partial charge in [-0.05, 0) is 35.6 Å². The molecule has 1 saturated heterocycles. The maximum absolute atomic E-state index is 13.6. The van der Waals surface area contributed by atoms with Gasteiger partial charge in [-0.15, -0.1) is 11.3 Å². The van der Waals surface area contributed by atoms with Crippen LogP contribution in [0.15, 0.2) is 52.7 Å². The summed E-state index contributed by atoms with van der Waals surface area (Å²) < 4.78 is 28.9. The molecule has 1 atom stereocenters. The lowest BCUT2D eigenvalue weighted by molar-refractivity contribution is -0.147. The number of carboxylic acid groups (broad SMARTS) is 1. The number of amidine groups is 1. The number of nitrogens with zero attached hydrogens (tertiary/aromatic N) is 3. The van der Waals surface area contributed by atoms with Gasteiger partial charge in [-0.25, -0.2) is 8.42 Å². The van der Waals surface area contributed by atoms with Gasteiger partial charge in [-0.2, -0.15) is 4.31 Å². The zero-order chi connectivity index (χ0) is 27.6. The second kappa shape index (κ2) is 11.4. The van der Waals surface area contributed by atoms with Crippen LogP contribution >= 0.6 is 22.9 Å². The first kappa shape index (κ1) is 28.0. The number of aliphatic carboxylic acids is 1. The van der Waals surface area contributed by atoms with Crippen molar-refractivity contribution in [2.45, 2.75) is 36.6 Å². The Balaban J connectivity index is 1.54. The van der Waals surface area contributed by atoms with Crippen LogP contribution in [0.3, 0.4) is 0 Å². The molecule has 0 spiro atoms. The molecule has 1 aliphatic rings. The zero-order valence-electron chi connectivity index (χ0n) is 21.1. The van der Waals surface area contributed by atoms with E-state index in [0.29, 0.717) is 20.9 Å². The lowest BCUT2D eigenvalue weighted by atomic mass is 10.1. The summed E-state index contributed by atoms with van der Waals surface area (Å²) in [5.41, 5.74) is 1.56. The summed E-state index contributed by atoms with van der Waals surface area (Å²) in [6.45, 7) is 3.13. The predicted octanol–water partition coefficient (Wildman–Crippen LogP) is 4.10. The molecule has 2 heterocycles. The number of thiophene rings is 1. The van der Waals surface area contributed by atoms with E-state index in [2.05, 4.69) is 0 Å². The van der Waals surface area contributed by atoms with Gasteiger partial charge in [-0.3, -0.25) is 15.0 Å². The third-order valence-electron chi connectivity index (χ3n) is 6.47. The first-order valence-corrected chi connectivity index (χ1v) is 14.7. The molecule has 9 nitrogen and oxygen atoms in total. The van der Waals surface area contributed by atoms with Crippen LogP contribution in [0.1, 0.15) is 30.9 Å². The third-order valence-corrected chi connectivity index (χ3v) is 10.2. The van der Waals surface area contributed by atoms with Crippen molar-refractivity contribution in [3.05, 3.63) is 64.7 Å². The van der Waals surface area contributed by atoms with Crippen LogP contribution in [0.4, 0.5) is 0 Å². The Labute approximate surface area is 230 Å². The van der Waals surface area contributed by atoms with Gasteiger partial charge >= 0.3 is 5.97 Å². The van der Waals surface area contributed by atoms with E-state index >= 15 is 0 Å². The minimum absolute atomic E-state index is 0.0223. The number of fused-ring (bicyclic) bond motifs is 1. The summed E-state index contributed by atoms with van der Waals surface area (Å²) >= 11 is 7.08. The fourth-order valence-corrected chi connectivity index (χ4v) is 7.87. The molecule has 0 bridgehead atoms. The van der Waals surface area contributed by atoms with Crippen molar-refractivity contribution in [3.63, 3.8) is 0 Å². The monoisotopic (exact) mass is 576 g/mol. The minimum atomic E-state index is -4.12. The van der Waals surface area contributed by atoms with E-state index in [1.54, 1.807) is 18.2 Å². The van der Waals surface area contributed by atoms with Gasteiger partial charge in [-0.1, -0.05) is 48.9 Å². The van der Waals surface area contributed by atoms with Crippen molar-refractivity contribution in [3.8, 4) is 0 Å². The lowest BCUT2D eigenvalue weighted by Crippen LogP contribution is -2.58. The van der Waals surface area contributed by atoms with E-state index < -0.39 is 34.4 Å². The predicted molar refractivity (Wildman–Crippen MR) is 148 cm³/mol. The molecule has 1 unspecified atom stereocenters. The first-order chi connectivity index (χ1) is 18.0. The molecular weight excluding hydrogens is 548 g/mol. The Bertz CT molecular complexity index is 1470. The number of piperazine rings is 1. The molecule has 1 aliphatic heterocycles. The van der Waals surface area contributed by atoms with Crippen molar-refractivity contribution < 1.29 is 23.1 Å². The molecule has 0 aliphatic carbocycles. The Morgan fingerprint density at radius 2 is 1.89 bits per heavy atom. The van der Waals surface area contributed by atoms with Gasteiger partial charge in [0.1, 0.15) is 16.1 Å². The standard InChI is InChI=1S/C26H29ClN4O5S2/c1-3-10-29(2)25(28)18-6-4-17(5-7-18)16-30-11-12-31(21(26(30)34)15-23(32)33)38(35,36)24-13-19-8-9-20(27)14-22(19)37-24/h4-9,13-14,21,28H,3,10-12,15-16H2,1-2H3,(H,32,33). The number of hydrogen-bond donors (Lipinski definition) is 2. The van der Waals surface area contributed by atoms with E-state index in [-0.39, 0.29) is 23.8 Å². The summed E-state index contributed by atoms with van der Waals surface area (Å²) in [5.74, 6) is -1.41. The number of carbonyl (C=O) groups is 2. The van der Waals surface area contributed by atoms with E-state index in [1.165, 1.54) is 11.0 Å². The topological polar surface area (TPSA) is 122 Å². The number of nitrogens with one attached hydrogen (secondary N) is 1. The first-order valence-electron chi connectivity index (χ1n) is 12.1. The molecule has 3 aromatic rings. The van der Waals surface area contributed by atoms with Crippen LogP contribution in [-0.2, 0) is 26.2 Å². The number of sulfonamides is 1. The average Bonchev–Trinajstić information content (AvgIpc) is 3.30. The van der Waals surface area contributed by atoms with Crippen molar-refractivity contribution in [1.82, 2.24) is 14.1 Å². The van der Waals surface area contributed by atoms with Gasteiger partial charge in [0.2, 0.25) is 5.91 Å². The minimum Gasteiger partial charge on any atom is -0.481 e. The van der Waals surface area contributed by atoms with Crippen LogP contribution < -0.4 is 0 Å². The van der Waals surface area contributed by atoms with Crippen LogP contribution in [0.25, 0.3) is 10.1 Å². The summed E-state index contributed by atoms with van der Waals surface area (Å²) in [7, 11) is -2.26. The number of hydrogen-bond acceptors (Lipinski definition) is 6. The molecule has 2 N–H and O–H groups in total. The van der Waals surface area contributed by atoms with Gasteiger partial charge in [0.15, 0.2) is 0 Å². The quantitative estimate of drug-likeness (QED) is 0.292. The second-order valence-electron chi connectivity index (χ2n) is 9.20. The second-order valence-corrected chi connectivity index (χ2v) is 12.8. The number of amides is 1. The molecule has 2 aromatic carbocycles. The van der Waals surface area contributed by atoms with Crippen LogP contribution in [0.2, 0.25) is 5.02 Å². The van der Waals surface area contributed by atoms with Crippen molar-refractivity contribution in [1.29, 1.82) is 5.41 Å². The van der Waals surface area contributed by atoms with E-state index in [9.17, 15) is 23.1 Å². The van der Waals surface area contributed by atoms with Crippen LogP contribution in [-0.4, -0.2) is 78.1 Å². The highest BCUT2D eigenvalue weighted by Gasteiger charge is 2.43. The lowest BCUT2D eigenvalue weighted by Gasteiger charge is -2.39. The van der Waals surface area contributed by atoms with Crippen molar-refractivity contribution in [2.24, 2.45) is 0 Å². The number of benzene rings is 2. The number of rotatable bonds is 9. The van der Waals surface area contributed by atoms with Crippen molar-refractivity contribution in [2.75, 3.05) is 26.7 Å². The smallest absolute Gasteiger partial charge is 0.305 e. The summed E-state index contributed by atoms with van der Waals surface area (Å²) in [6.07, 6.45) is 0.292. The SMILES string of the molecule is CCCN(C)C(=N)c1ccc(CN2CCN(S(=O)(=O)c3cc4ccc(Cl)cc4s3)C(CC(=O)O)C2=O)cc1. The van der Waals surface area contributed by atoms with Gasteiger partial charge in [0.05, 0.1) is 6.42 Å². The Morgan fingerprint density at radius 3 is 2.55 bits per heavy atom. The molecule has 1 fully saturated rings. The van der Waals surface area contributed by atoms with Gasteiger partial charge in [0, 0.05) is 48.5 Å². The van der Waals surface area contributed by atoms with E-state index in [1.807, 2.05) is 43.1 Å². The summed E-state index contributed by atoms with van der Waals surface area (Å²) in [6, 6.07) is 12.5. The molecular formula is C26H29ClN4O5S2. The highest BCUT2D eigenvalue weighted by Crippen LogP contribution is 2.34. The van der Waals surface area contributed by atoms with E-state index in [0.717, 1.165) is 39.7 Å². The molecule has 202 valence electrons. The number of carboxylic acids is 1. The fraction of sp³-hybridized carbons (Fsp3) is 0.346. The molecule has 0 radical (unpaired) electrons. The highest BCUT2D eigenvalue weighted by atomic mass is 35.5. The summed E-state index contributed by atoms with van der Waals surface area (Å²) in [5, 5.41) is 19.0. The maximum Gasteiger partial charge on any atom is 0.305 e. The van der Waals surface area contributed by atoms with Crippen molar-refractivity contribution >= 4 is 60.8 Å². The summed E-state index contributed by atoms with van der Waals surface area (Å²) in [4.78, 5) is 28.4. The molecule has 1 aromatic heterocycles. The van der Waals surface area contributed by atoms with E-state index in [4.69, 9.17) is 17.0 Å². The maximum atomic E-state index is 13.6. The van der Waals surface area contributed by atoms with Gasteiger partial charge < -0.3 is 14.9 Å². The van der Waals surface area contributed by atoms with Crippen LogP contribution in [0.5, 0.6) is 0 Å². The molecule has 0 saturated carbocycles. The normalized spacial score (nSPS) is 16.7. The Morgan fingerprint density at radius 1 is 1.18 bits per heavy atom. The number of carbonyl (C=O) groups excluding carboxylic acids is 1. The largest absolute Gasteiger partial charge is 0.481 e. The Hall–Kier alpha value is -2.99. The molecule has 12 heteroatoms. The molecule has 1 amide bonds. The van der Waals surface area contributed by atoms with Crippen LogP contribution in [0, 0.1) is 5.41 Å².